The number of rotatable bonds is 8. The minimum atomic E-state index is -0.308. The van der Waals surface area contributed by atoms with Gasteiger partial charge in [0.25, 0.3) is 11.8 Å². The van der Waals surface area contributed by atoms with Crippen molar-refractivity contribution >= 4 is 23.7 Å². The predicted molar refractivity (Wildman–Crippen MR) is 119 cm³/mol. The highest BCUT2D eigenvalue weighted by Gasteiger charge is 2.07. The van der Waals surface area contributed by atoms with Crippen molar-refractivity contribution < 1.29 is 9.59 Å². The molecule has 0 aliphatic carbocycles. The van der Waals surface area contributed by atoms with E-state index in [1.54, 1.807) is 42.6 Å². The first-order chi connectivity index (χ1) is 14.0. The number of hydrazone groups is 1. The molecule has 0 aliphatic rings. The fraction of sp³-hybridized carbons (Fsp3) is 0.208. The van der Waals surface area contributed by atoms with Gasteiger partial charge in [-0.3, -0.25) is 9.59 Å². The second kappa shape index (κ2) is 11.4. The minimum absolute atomic E-state index is 0.195. The van der Waals surface area contributed by atoms with E-state index in [0.717, 1.165) is 12.8 Å². The Balaban J connectivity index is 1.84. The van der Waals surface area contributed by atoms with E-state index in [9.17, 15) is 9.59 Å². The van der Waals surface area contributed by atoms with Gasteiger partial charge in [-0.05, 0) is 76.1 Å². The Kier molecular flexibility index (Phi) is 8.57. The second-order valence-electron chi connectivity index (χ2n) is 6.95. The molecule has 2 amide bonds. The van der Waals surface area contributed by atoms with Crippen LogP contribution in [0.15, 0.2) is 83.0 Å². The third-order valence-corrected chi connectivity index (χ3v) is 4.13. The lowest BCUT2D eigenvalue weighted by atomic mass is 10.1. The van der Waals surface area contributed by atoms with Crippen molar-refractivity contribution in [1.29, 1.82) is 0 Å². The van der Waals surface area contributed by atoms with Crippen LogP contribution in [-0.4, -0.2) is 18.0 Å². The number of hydrogen-bond donors (Lipinski definition) is 2. The molecule has 0 spiro atoms. The van der Waals surface area contributed by atoms with Crippen LogP contribution in [0.4, 0.5) is 5.69 Å². The Labute approximate surface area is 172 Å². The first kappa shape index (κ1) is 21.8. The third kappa shape index (κ3) is 7.97. The van der Waals surface area contributed by atoms with Crippen LogP contribution in [0.1, 0.15) is 54.3 Å². The first-order valence-electron chi connectivity index (χ1n) is 9.54. The van der Waals surface area contributed by atoms with Crippen molar-refractivity contribution in [3.8, 4) is 0 Å². The first-order valence-corrected chi connectivity index (χ1v) is 9.54. The van der Waals surface area contributed by atoms with Gasteiger partial charge in [0.05, 0.1) is 0 Å². The molecule has 150 valence electrons. The van der Waals surface area contributed by atoms with Gasteiger partial charge in [0.1, 0.15) is 0 Å². The van der Waals surface area contributed by atoms with E-state index in [2.05, 4.69) is 35.8 Å². The van der Waals surface area contributed by atoms with Gasteiger partial charge in [0.2, 0.25) is 0 Å². The molecule has 0 unspecified atom stereocenters. The summed E-state index contributed by atoms with van der Waals surface area (Å²) in [4.78, 5) is 24.3. The molecular weight excluding hydrogens is 362 g/mol. The lowest BCUT2D eigenvalue weighted by Crippen LogP contribution is -2.17. The molecule has 2 N–H and O–H groups in total. The zero-order chi connectivity index (χ0) is 21.1. The van der Waals surface area contributed by atoms with E-state index >= 15 is 0 Å². The fourth-order valence-corrected chi connectivity index (χ4v) is 2.49. The van der Waals surface area contributed by atoms with Gasteiger partial charge in [-0.2, -0.15) is 5.10 Å². The maximum Gasteiger partial charge on any atom is 0.271 e. The largest absolute Gasteiger partial charge is 0.322 e. The van der Waals surface area contributed by atoms with Gasteiger partial charge in [-0.1, -0.05) is 35.4 Å². The average molecular weight is 389 g/mol. The van der Waals surface area contributed by atoms with E-state index in [1.807, 2.05) is 31.2 Å². The number of benzene rings is 2. The standard InChI is InChI=1S/C24H27N3O2/c1-18(2)8-7-9-19(3)16-17-25-27-24(29)21-12-14-22(15-13-21)26-23(28)20-10-5-4-6-11-20/h4-6,8,10-17H,7,9H2,1-3H3,(H,26,28)(H,27,29)/b19-16+,25-17+. The predicted octanol–water partition coefficient (Wildman–Crippen LogP) is 5.35. The van der Waals surface area contributed by atoms with E-state index in [1.165, 1.54) is 11.1 Å². The molecular formula is C24H27N3O2. The molecule has 5 nitrogen and oxygen atoms in total. The smallest absolute Gasteiger partial charge is 0.271 e. The Morgan fingerprint density at radius 2 is 1.55 bits per heavy atom. The van der Waals surface area contributed by atoms with Crippen LogP contribution in [0.3, 0.4) is 0 Å². The summed E-state index contributed by atoms with van der Waals surface area (Å²) < 4.78 is 0. The Morgan fingerprint density at radius 1 is 0.897 bits per heavy atom. The maximum atomic E-state index is 12.2. The Bertz CT molecular complexity index is 907. The summed E-state index contributed by atoms with van der Waals surface area (Å²) in [6, 6.07) is 15.6. The van der Waals surface area contributed by atoms with Crippen molar-refractivity contribution in [2.75, 3.05) is 5.32 Å². The quantitative estimate of drug-likeness (QED) is 0.363. The fourth-order valence-electron chi connectivity index (χ4n) is 2.49. The third-order valence-electron chi connectivity index (χ3n) is 4.13. The number of carbonyl (C=O) groups is 2. The molecule has 2 rings (SSSR count). The van der Waals surface area contributed by atoms with Gasteiger partial charge in [0.15, 0.2) is 0 Å². The lowest BCUT2D eigenvalue weighted by Gasteiger charge is -2.06. The zero-order valence-electron chi connectivity index (χ0n) is 17.1. The van der Waals surface area contributed by atoms with Crippen molar-refractivity contribution in [3.63, 3.8) is 0 Å². The summed E-state index contributed by atoms with van der Waals surface area (Å²) in [6.45, 7) is 6.20. The van der Waals surface area contributed by atoms with Crippen LogP contribution in [0.25, 0.3) is 0 Å². The van der Waals surface area contributed by atoms with Gasteiger partial charge >= 0.3 is 0 Å². The number of nitrogens with one attached hydrogen (secondary N) is 2. The molecule has 2 aromatic rings. The zero-order valence-corrected chi connectivity index (χ0v) is 17.1. The van der Waals surface area contributed by atoms with Crippen LogP contribution < -0.4 is 10.7 Å². The van der Waals surface area contributed by atoms with Crippen LogP contribution in [0, 0.1) is 0 Å². The lowest BCUT2D eigenvalue weighted by molar-refractivity contribution is 0.0954. The molecule has 0 bridgehead atoms. The summed E-state index contributed by atoms with van der Waals surface area (Å²) in [5, 5.41) is 6.76. The van der Waals surface area contributed by atoms with Gasteiger partial charge in [-0.25, -0.2) is 5.43 Å². The summed E-state index contributed by atoms with van der Waals surface area (Å²) >= 11 is 0. The van der Waals surface area contributed by atoms with E-state index < -0.39 is 0 Å². The Hall–Kier alpha value is -3.47. The molecule has 0 radical (unpaired) electrons. The molecule has 0 fully saturated rings. The highest BCUT2D eigenvalue weighted by atomic mass is 16.2. The normalized spacial score (nSPS) is 11.2. The number of amides is 2. The van der Waals surface area contributed by atoms with Gasteiger partial charge < -0.3 is 5.32 Å². The summed E-state index contributed by atoms with van der Waals surface area (Å²) in [7, 11) is 0. The van der Waals surface area contributed by atoms with Crippen LogP contribution in [0.2, 0.25) is 0 Å². The van der Waals surface area contributed by atoms with E-state index in [0.29, 0.717) is 16.8 Å². The van der Waals surface area contributed by atoms with Crippen molar-refractivity contribution in [2.45, 2.75) is 33.6 Å². The van der Waals surface area contributed by atoms with Crippen molar-refractivity contribution in [1.82, 2.24) is 5.43 Å². The number of anilines is 1. The van der Waals surface area contributed by atoms with Crippen molar-refractivity contribution in [2.24, 2.45) is 5.10 Å². The average Bonchev–Trinajstić information content (AvgIpc) is 2.72. The summed E-state index contributed by atoms with van der Waals surface area (Å²) in [5.74, 6) is -0.503. The highest BCUT2D eigenvalue weighted by molar-refractivity contribution is 6.04. The SMILES string of the molecule is CC(C)=CCC/C(C)=C/C=N/NC(=O)c1ccc(NC(=O)c2ccccc2)cc1. The molecule has 0 heterocycles. The molecule has 0 aromatic heterocycles. The summed E-state index contributed by atoms with van der Waals surface area (Å²) in [6.07, 6.45) is 7.63. The molecule has 0 atom stereocenters. The number of allylic oxidation sites excluding steroid dienone is 4. The molecule has 0 aliphatic heterocycles. The molecule has 2 aromatic carbocycles. The van der Waals surface area contributed by atoms with Crippen LogP contribution in [-0.2, 0) is 0 Å². The maximum absolute atomic E-state index is 12.2. The Morgan fingerprint density at radius 3 is 2.21 bits per heavy atom. The molecule has 29 heavy (non-hydrogen) atoms. The van der Waals surface area contributed by atoms with E-state index in [-0.39, 0.29) is 11.8 Å². The van der Waals surface area contributed by atoms with Crippen LogP contribution in [0.5, 0.6) is 0 Å². The van der Waals surface area contributed by atoms with Crippen LogP contribution >= 0.6 is 0 Å². The second-order valence-corrected chi connectivity index (χ2v) is 6.95. The highest BCUT2D eigenvalue weighted by Crippen LogP contribution is 2.11. The minimum Gasteiger partial charge on any atom is -0.322 e. The molecule has 0 saturated heterocycles. The topological polar surface area (TPSA) is 70.6 Å². The number of carbonyl (C=O) groups excluding carboxylic acids is 2. The van der Waals surface area contributed by atoms with Gasteiger partial charge in [0, 0.05) is 23.0 Å². The number of nitrogens with zero attached hydrogens (tertiary/aromatic N) is 1. The van der Waals surface area contributed by atoms with Gasteiger partial charge in [-0.15, -0.1) is 0 Å². The monoisotopic (exact) mass is 389 g/mol. The summed E-state index contributed by atoms with van der Waals surface area (Å²) in [5.41, 5.74) is 6.66. The molecule has 5 heteroatoms. The van der Waals surface area contributed by atoms with Crippen molar-refractivity contribution in [3.05, 3.63) is 89.0 Å². The van der Waals surface area contributed by atoms with E-state index in [4.69, 9.17) is 0 Å². The number of hydrogen-bond acceptors (Lipinski definition) is 3. The molecule has 0 saturated carbocycles.